The first kappa shape index (κ1) is 16.0. The first-order valence-corrected chi connectivity index (χ1v) is 8.72. The summed E-state index contributed by atoms with van der Waals surface area (Å²) in [4.78, 5) is 0. The zero-order chi connectivity index (χ0) is 17.6. The normalized spacial score (nSPS) is 10.3. The molecule has 0 aliphatic rings. The van der Waals surface area contributed by atoms with Crippen molar-refractivity contribution in [1.82, 2.24) is 0 Å². The monoisotopic (exact) mass is 336 g/mol. The third kappa shape index (κ3) is 3.76. The molecule has 4 rings (SSSR count). The van der Waals surface area contributed by atoms with E-state index in [2.05, 4.69) is 77.4 Å². The van der Waals surface area contributed by atoms with Crippen LogP contribution in [0.4, 0.5) is 22.7 Å². The fourth-order valence-corrected chi connectivity index (χ4v) is 2.95. The topological polar surface area (TPSA) is 24.1 Å². The van der Waals surface area contributed by atoms with E-state index in [-0.39, 0.29) is 0 Å². The fourth-order valence-electron chi connectivity index (χ4n) is 2.95. The number of benzene rings is 4. The number of para-hydroxylation sites is 2. The van der Waals surface area contributed by atoms with Crippen molar-refractivity contribution in [3.63, 3.8) is 0 Å². The minimum absolute atomic E-state index is 1.06. The van der Waals surface area contributed by atoms with Gasteiger partial charge in [-0.1, -0.05) is 66.7 Å². The molecule has 0 bridgehead atoms. The van der Waals surface area contributed by atoms with E-state index in [1.807, 2.05) is 42.5 Å². The summed E-state index contributed by atoms with van der Waals surface area (Å²) in [7, 11) is 0. The second kappa shape index (κ2) is 7.58. The Morgan fingerprint density at radius 2 is 0.962 bits per heavy atom. The lowest BCUT2D eigenvalue weighted by molar-refractivity contribution is 1.50. The third-order valence-electron chi connectivity index (χ3n) is 4.22. The highest BCUT2D eigenvalue weighted by Crippen LogP contribution is 2.33. The van der Waals surface area contributed by atoms with Gasteiger partial charge in [-0.3, -0.25) is 0 Å². The molecule has 0 aromatic heterocycles. The highest BCUT2D eigenvalue weighted by Gasteiger charge is 2.07. The van der Waals surface area contributed by atoms with Crippen LogP contribution in [0.1, 0.15) is 0 Å². The van der Waals surface area contributed by atoms with Crippen molar-refractivity contribution >= 4 is 22.7 Å². The number of hydrogen-bond donors (Lipinski definition) is 2. The van der Waals surface area contributed by atoms with Gasteiger partial charge < -0.3 is 10.6 Å². The molecule has 0 spiro atoms. The lowest BCUT2D eigenvalue weighted by atomic mass is 10.0. The maximum absolute atomic E-state index is 3.53. The van der Waals surface area contributed by atoms with Crippen molar-refractivity contribution in [3.05, 3.63) is 109 Å². The van der Waals surface area contributed by atoms with Crippen molar-refractivity contribution in [2.24, 2.45) is 0 Å². The van der Waals surface area contributed by atoms with Crippen molar-refractivity contribution in [3.8, 4) is 11.1 Å². The summed E-state index contributed by atoms with van der Waals surface area (Å²) < 4.78 is 0. The number of anilines is 4. The highest BCUT2D eigenvalue weighted by atomic mass is 14.9. The Morgan fingerprint density at radius 1 is 0.423 bits per heavy atom. The number of rotatable bonds is 5. The van der Waals surface area contributed by atoms with E-state index in [1.165, 1.54) is 5.56 Å². The quantitative estimate of drug-likeness (QED) is 0.417. The molecule has 0 fully saturated rings. The van der Waals surface area contributed by atoms with E-state index in [4.69, 9.17) is 0 Å². The average Bonchev–Trinajstić information content (AvgIpc) is 2.71. The third-order valence-corrected chi connectivity index (χ3v) is 4.22. The molecule has 4 aromatic carbocycles. The van der Waals surface area contributed by atoms with Gasteiger partial charge in [-0.2, -0.15) is 0 Å². The molecular formula is C24H20N2. The Morgan fingerprint density at radius 3 is 1.58 bits per heavy atom. The van der Waals surface area contributed by atoms with Crippen LogP contribution in [-0.2, 0) is 0 Å². The van der Waals surface area contributed by atoms with E-state index in [9.17, 15) is 0 Å². The van der Waals surface area contributed by atoms with Crippen molar-refractivity contribution in [1.29, 1.82) is 0 Å². The van der Waals surface area contributed by atoms with Gasteiger partial charge in [-0.15, -0.1) is 0 Å². The van der Waals surface area contributed by atoms with Crippen LogP contribution in [0.2, 0.25) is 0 Å². The zero-order valence-corrected chi connectivity index (χ0v) is 14.4. The molecule has 126 valence electrons. The molecule has 26 heavy (non-hydrogen) atoms. The number of hydrogen-bond acceptors (Lipinski definition) is 2. The maximum atomic E-state index is 3.53. The summed E-state index contributed by atoms with van der Waals surface area (Å²) in [6.45, 7) is 0. The van der Waals surface area contributed by atoms with Crippen LogP contribution in [-0.4, -0.2) is 0 Å². The van der Waals surface area contributed by atoms with Gasteiger partial charge in [0.2, 0.25) is 0 Å². The second-order valence-electron chi connectivity index (χ2n) is 6.11. The van der Waals surface area contributed by atoms with E-state index >= 15 is 0 Å². The smallest absolute Gasteiger partial charge is 0.0465 e. The predicted molar refractivity (Wildman–Crippen MR) is 111 cm³/mol. The Labute approximate surface area is 154 Å². The highest BCUT2D eigenvalue weighted by molar-refractivity contribution is 5.84. The van der Waals surface area contributed by atoms with Crippen LogP contribution >= 0.6 is 0 Å². The van der Waals surface area contributed by atoms with Gasteiger partial charge in [0.1, 0.15) is 0 Å². The number of nitrogens with one attached hydrogen (secondary N) is 2. The lowest BCUT2D eigenvalue weighted by Gasteiger charge is -2.15. The van der Waals surface area contributed by atoms with Crippen molar-refractivity contribution in [2.45, 2.75) is 0 Å². The molecule has 0 unspecified atom stereocenters. The molecule has 2 heteroatoms. The summed E-state index contributed by atoms with van der Waals surface area (Å²) in [5, 5.41) is 7.01. The van der Waals surface area contributed by atoms with Crippen molar-refractivity contribution < 1.29 is 0 Å². The van der Waals surface area contributed by atoms with Gasteiger partial charge in [-0.05, 0) is 48.0 Å². The molecule has 0 atom stereocenters. The summed E-state index contributed by atoms with van der Waals surface area (Å²) in [5.41, 5.74) is 6.65. The fraction of sp³-hybridized carbons (Fsp3) is 0. The van der Waals surface area contributed by atoms with Gasteiger partial charge >= 0.3 is 0 Å². The first-order chi connectivity index (χ1) is 12.9. The summed E-state index contributed by atoms with van der Waals surface area (Å²) in [6.07, 6.45) is 0. The minimum Gasteiger partial charge on any atom is -0.356 e. The first-order valence-electron chi connectivity index (χ1n) is 8.72. The minimum atomic E-state index is 1.06. The van der Waals surface area contributed by atoms with Crippen LogP contribution in [0.5, 0.6) is 0 Å². The molecule has 0 amide bonds. The molecule has 0 heterocycles. The van der Waals surface area contributed by atoms with Crippen molar-refractivity contribution in [2.75, 3.05) is 10.6 Å². The van der Waals surface area contributed by atoms with Crippen LogP contribution in [0.25, 0.3) is 11.1 Å². The van der Waals surface area contributed by atoms with E-state index in [0.717, 1.165) is 28.3 Å². The maximum Gasteiger partial charge on any atom is 0.0465 e. The summed E-state index contributed by atoms with van der Waals surface area (Å²) in [5.74, 6) is 0. The van der Waals surface area contributed by atoms with E-state index < -0.39 is 0 Å². The molecule has 0 radical (unpaired) electrons. The average molecular weight is 336 g/mol. The molecular weight excluding hydrogens is 316 g/mol. The standard InChI is InChI=1S/C24H20N2/c1-4-10-19(11-5-1)23-18-22(25-20-12-6-2-7-13-20)16-17-24(23)26-21-14-8-3-9-15-21/h1-18,25-26H. The SMILES string of the molecule is c1ccc(Nc2ccc(Nc3ccccc3)c(-c3ccccc3)c2)cc1. The van der Waals surface area contributed by atoms with E-state index in [0.29, 0.717) is 0 Å². The van der Waals surface area contributed by atoms with Gasteiger partial charge in [-0.25, -0.2) is 0 Å². The lowest BCUT2D eigenvalue weighted by Crippen LogP contribution is -1.96. The second-order valence-corrected chi connectivity index (χ2v) is 6.11. The Kier molecular flexibility index (Phi) is 4.66. The van der Waals surface area contributed by atoms with Crippen LogP contribution < -0.4 is 10.6 Å². The van der Waals surface area contributed by atoms with Gasteiger partial charge in [0.25, 0.3) is 0 Å². The molecule has 2 nitrogen and oxygen atoms in total. The molecule has 0 aliphatic carbocycles. The Hall–Kier alpha value is -3.52. The largest absolute Gasteiger partial charge is 0.356 e. The molecule has 0 aliphatic heterocycles. The molecule has 2 N–H and O–H groups in total. The van der Waals surface area contributed by atoms with Crippen LogP contribution in [0.15, 0.2) is 109 Å². The molecule has 4 aromatic rings. The Balaban J connectivity index is 1.71. The predicted octanol–water partition coefficient (Wildman–Crippen LogP) is 6.84. The van der Waals surface area contributed by atoms with Crippen LogP contribution in [0.3, 0.4) is 0 Å². The van der Waals surface area contributed by atoms with Gasteiger partial charge in [0.15, 0.2) is 0 Å². The summed E-state index contributed by atoms with van der Waals surface area (Å²) >= 11 is 0. The zero-order valence-electron chi connectivity index (χ0n) is 14.4. The molecule has 0 saturated carbocycles. The van der Waals surface area contributed by atoms with E-state index in [1.54, 1.807) is 0 Å². The van der Waals surface area contributed by atoms with Crippen LogP contribution in [0, 0.1) is 0 Å². The van der Waals surface area contributed by atoms with Gasteiger partial charge in [0, 0.05) is 28.3 Å². The van der Waals surface area contributed by atoms with Gasteiger partial charge in [0.05, 0.1) is 0 Å². The summed E-state index contributed by atoms with van der Waals surface area (Å²) in [6, 6.07) is 37.3. The molecule has 0 saturated heterocycles. The Bertz CT molecular complexity index is 965.